The number of phenolic OH excluding ortho intramolecular Hbond substituents is 1. The van der Waals surface area contributed by atoms with Crippen LogP contribution in [0.5, 0.6) is 5.75 Å². The Morgan fingerprint density at radius 2 is 2.13 bits per heavy atom. The van der Waals surface area contributed by atoms with Crippen molar-refractivity contribution in [3.8, 4) is 5.75 Å². The SMILES string of the molecule is CN1C(=O)CCCc2cc(Br)c(O)cc21. The molecule has 0 atom stereocenters. The van der Waals surface area contributed by atoms with Crippen LogP contribution in [-0.2, 0) is 11.2 Å². The molecule has 1 aliphatic heterocycles. The predicted molar refractivity (Wildman–Crippen MR) is 62.2 cm³/mol. The lowest BCUT2D eigenvalue weighted by atomic mass is 10.1. The van der Waals surface area contributed by atoms with Gasteiger partial charge in [-0.05, 0) is 40.4 Å². The molecule has 1 amide bonds. The molecule has 0 fully saturated rings. The molecule has 0 saturated carbocycles. The number of rotatable bonds is 0. The van der Waals surface area contributed by atoms with E-state index in [1.165, 1.54) is 0 Å². The maximum Gasteiger partial charge on any atom is 0.226 e. The Labute approximate surface area is 96.8 Å². The monoisotopic (exact) mass is 269 g/mol. The standard InChI is InChI=1S/C11H12BrNO2/c1-13-9-6-10(14)8(12)5-7(9)3-2-4-11(13)15/h5-6,14H,2-4H2,1H3. The van der Waals surface area contributed by atoms with Crippen molar-refractivity contribution in [2.24, 2.45) is 0 Å². The zero-order chi connectivity index (χ0) is 11.0. The minimum Gasteiger partial charge on any atom is -0.507 e. The molecular weight excluding hydrogens is 258 g/mol. The smallest absolute Gasteiger partial charge is 0.226 e. The lowest BCUT2D eigenvalue weighted by molar-refractivity contribution is -0.118. The molecule has 80 valence electrons. The molecule has 0 saturated heterocycles. The number of amides is 1. The van der Waals surface area contributed by atoms with Crippen LogP contribution in [0.25, 0.3) is 0 Å². The maximum atomic E-state index is 11.6. The molecule has 1 aliphatic rings. The maximum absolute atomic E-state index is 11.6. The molecule has 1 aromatic carbocycles. The van der Waals surface area contributed by atoms with E-state index in [9.17, 15) is 9.90 Å². The fourth-order valence-corrected chi connectivity index (χ4v) is 2.23. The first-order valence-corrected chi connectivity index (χ1v) is 5.67. The molecule has 2 rings (SSSR count). The Balaban J connectivity index is 2.54. The summed E-state index contributed by atoms with van der Waals surface area (Å²) in [5.74, 6) is 0.283. The second-order valence-electron chi connectivity index (χ2n) is 3.74. The molecule has 0 aliphatic carbocycles. The van der Waals surface area contributed by atoms with Crippen molar-refractivity contribution in [2.45, 2.75) is 19.3 Å². The number of phenols is 1. The van der Waals surface area contributed by atoms with Crippen molar-refractivity contribution in [2.75, 3.05) is 11.9 Å². The number of hydrogen-bond acceptors (Lipinski definition) is 2. The molecule has 1 N–H and O–H groups in total. The van der Waals surface area contributed by atoms with E-state index in [-0.39, 0.29) is 11.7 Å². The fraction of sp³-hybridized carbons (Fsp3) is 0.364. The molecule has 0 radical (unpaired) electrons. The summed E-state index contributed by atoms with van der Waals surface area (Å²) in [5, 5.41) is 9.59. The Bertz CT molecular complexity index is 417. The largest absolute Gasteiger partial charge is 0.507 e. The summed E-state index contributed by atoms with van der Waals surface area (Å²) in [7, 11) is 1.75. The van der Waals surface area contributed by atoms with Gasteiger partial charge in [0.2, 0.25) is 5.91 Å². The van der Waals surface area contributed by atoms with Crippen molar-refractivity contribution in [3.63, 3.8) is 0 Å². The number of carbonyl (C=O) groups is 1. The van der Waals surface area contributed by atoms with Crippen LogP contribution in [0, 0.1) is 0 Å². The molecule has 0 unspecified atom stereocenters. The third-order valence-corrected chi connectivity index (χ3v) is 3.36. The summed E-state index contributed by atoms with van der Waals surface area (Å²) in [6.07, 6.45) is 2.32. The van der Waals surface area contributed by atoms with E-state index >= 15 is 0 Å². The molecule has 1 aromatic rings. The molecule has 0 bridgehead atoms. The number of hydrogen-bond donors (Lipinski definition) is 1. The van der Waals surface area contributed by atoms with Gasteiger partial charge in [0.15, 0.2) is 0 Å². The minimum atomic E-state index is 0.107. The van der Waals surface area contributed by atoms with Gasteiger partial charge in [0, 0.05) is 19.5 Å². The first kappa shape index (κ1) is 10.5. The van der Waals surface area contributed by atoms with Crippen LogP contribution in [0.3, 0.4) is 0 Å². The first-order valence-electron chi connectivity index (χ1n) is 4.87. The zero-order valence-electron chi connectivity index (χ0n) is 8.46. The second-order valence-corrected chi connectivity index (χ2v) is 4.59. The highest BCUT2D eigenvalue weighted by Crippen LogP contribution is 2.34. The number of nitrogens with zero attached hydrogens (tertiary/aromatic N) is 1. The average molecular weight is 270 g/mol. The number of aromatic hydroxyl groups is 1. The van der Waals surface area contributed by atoms with Crippen LogP contribution in [0.1, 0.15) is 18.4 Å². The Hall–Kier alpha value is -1.03. The highest BCUT2D eigenvalue weighted by Gasteiger charge is 2.20. The number of fused-ring (bicyclic) bond motifs is 1. The van der Waals surface area contributed by atoms with E-state index in [0.29, 0.717) is 10.9 Å². The van der Waals surface area contributed by atoms with Gasteiger partial charge in [-0.25, -0.2) is 0 Å². The number of halogens is 1. The van der Waals surface area contributed by atoms with Gasteiger partial charge in [-0.1, -0.05) is 0 Å². The van der Waals surface area contributed by atoms with Crippen LogP contribution in [-0.4, -0.2) is 18.1 Å². The van der Waals surface area contributed by atoms with Crippen molar-refractivity contribution in [1.82, 2.24) is 0 Å². The molecular formula is C11H12BrNO2. The minimum absolute atomic E-state index is 0.107. The molecule has 0 aromatic heterocycles. The van der Waals surface area contributed by atoms with E-state index < -0.39 is 0 Å². The highest BCUT2D eigenvalue weighted by molar-refractivity contribution is 9.10. The summed E-state index contributed by atoms with van der Waals surface area (Å²) >= 11 is 3.28. The van der Waals surface area contributed by atoms with E-state index in [1.807, 2.05) is 6.07 Å². The van der Waals surface area contributed by atoms with Gasteiger partial charge in [0.05, 0.1) is 10.2 Å². The Kier molecular flexibility index (Phi) is 2.69. The number of carbonyl (C=O) groups excluding carboxylic acids is 1. The Morgan fingerprint density at radius 1 is 1.40 bits per heavy atom. The third-order valence-electron chi connectivity index (χ3n) is 2.72. The quantitative estimate of drug-likeness (QED) is 0.786. The molecule has 3 nitrogen and oxygen atoms in total. The van der Waals surface area contributed by atoms with Crippen molar-refractivity contribution in [3.05, 3.63) is 22.2 Å². The summed E-state index contributed by atoms with van der Waals surface area (Å²) < 4.78 is 0.684. The zero-order valence-corrected chi connectivity index (χ0v) is 10.0. The number of aryl methyl sites for hydroxylation is 1. The van der Waals surface area contributed by atoms with Crippen LogP contribution >= 0.6 is 15.9 Å². The summed E-state index contributed by atoms with van der Waals surface area (Å²) in [5.41, 5.74) is 1.92. The second kappa shape index (κ2) is 3.85. The van der Waals surface area contributed by atoms with Gasteiger partial charge >= 0.3 is 0 Å². The highest BCUT2D eigenvalue weighted by atomic mass is 79.9. The van der Waals surface area contributed by atoms with Crippen molar-refractivity contribution in [1.29, 1.82) is 0 Å². The molecule has 1 heterocycles. The lowest BCUT2D eigenvalue weighted by Gasteiger charge is -2.18. The van der Waals surface area contributed by atoms with Crippen molar-refractivity contribution >= 4 is 27.5 Å². The van der Waals surface area contributed by atoms with Crippen LogP contribution in [0.15, 0.2) is 16.6 Å². The lowest BCUT2D eigenvalue weighted by Crippen LogP contribution is -2.24. The van der Waals surface area contributed by atoms with Gasteiger partial charge in [-0.15, -0.1) is 0 Å². The van der Waals surface area contributed by atoms with Gasteiger partial charge in [-0.3, -0.25) is 4.79 Å². The van der Waals surface area contributed by atoms with E-state index in [0.717, 1.165) is 24.1 Å². The van der Waals surface area contributed by atoms with Gasteiger partial charge in [-0.2, -0.15) is 0 Å². The summed E-state index contributed by atoms with van der Waals surface area (Å²) in [4.78, 5) is 13.2. The topological polar surface area (TPSA) is 40.5 Å². The van der Waals surface area contributed by atoms with Crippen LogP contribution in [0.2, 0.25) is 0 Å². The van der Waals surface area contributed by atoms with Crippen LogP contribution < -0.4 is 4.90 Å². The van der Waals surface area contributed by atoms with Gasteiger partial charge in [0.1, 0.15) is 5.75 Å². The molecule has 4 heteroatoms. The first-order chi connectivity index (χ1) is 7.09. The fourth-order valence-electron chi connectivity index (χ4n) is 1.84. The Morgan fingerprint density at radius 3 is 2.87 bits per heavy atom. The predicted octanol–water partition coefficient (Wildman–Crippen LogP) is 2.45. The van der Waals surface area contributed by atoms with Crippen LogP contribution in [0.4, 0.5) is 5.69 Å². The third kappa shape index (κ3) is 1.86. The van der Waals surface area contributed by atoms with E-state index in [4.69, 9.17) is 0 Å². The summed E-state index contributed by atoms with van der Waals surface area (Å²) in [6, 6.07) is 3.53. The molecule has 15 heavy (non-hydrogen) atoms. The van der Waals surface area contributed by atoms with E-state index in [2.05, 4.69) is 15.9 Å². The van der Waals surface area contributed by atoms with E-state index in [1.54, 1.807) is 18.0 Å². The van der Waals surface area contributed by atoms with Gasteiger partial charge in [0.25, 0.3) is 0 Å². The summed E-state index contributed by atoms with van der Waals surface area (Å²) in [6.45, 7) is 0. The normalized spacial score (nSPS) is 16.1. The molecule has 0 spiro atoms. The van der Waals surface area contributed by atoms with Gasteiger partial charge < -0.3 is 10.0 Å². The average Bonchev–Trinajstić information content (AvgIpc) is 2.32. The van der Waals surface area contributed by atoms with Crippen molar-refractivity contribution < 1.29 is 9.90 Å². The number of benzene rings is 1. The number of anilines is 1.